The highest BCUT2D eigenvalue weighted by Gasteiger charge is 2.25. The van der Waals surface area contributed by atoms with Gasteiger partial charge in [0.1, 0.15) is 28.8 Å². The van der Waals surface area contributed by atoms with Crippen molar-refractivity contribution in [3.63, 3.8) is 0 Å². The number of hydrogen-bond acceptors (Lipinski definition) is 5. The highest BCUT2D eigenvalue weighted by Crippen LogP contribution is 2.32. The van der Waals surface area contributed by atoms with Crippen LogP contribution in [0, 0.1) is 0 Å². The quantitative estimate of drug-likeness (QED) is 0.729. The molecule has 0 amide bonds. The van der Waals surface area contributed by atoms with E-state index < -0.39 is 16.1 Å². The number of sulfonamides is 1. The molecule has 7 heteroatoms. The van der Waals surface area contributed by atoms with Crippen molar-refractivity contribution in [2.24, 2.45) is 0 Å². The molecular formula is C21H27NO5S. The van der Waals surface area contributed by atoms with Gasteiger partial charge in [0.25, 0.3) is 0 Å². The van der Waals surface area contributed by atoms with Crippen molar-refractivity contribution in [1.29, 1.82) is 0 Å². The molecule has 1 aliphatic rings. The van der Waals surface area contributed by atoms with E-state index in [9.17, 15) is 8.42 Å². The van der Waals surface area contributed by atoms with Crippen LogP contribution in [0.25, 0.3) is 0 Å². The van der Waals surface area contributed by atoms with Gasteiger partial charge < -0.3 is 14.2 Å². The molecule has 0 heterocycles. The van der Waals surface area contributed by atoms with Gasteiger partial charge in [0.15, 0.2) is 0 Å². The van der Waals surface area contributed by atoms with Crippen LogP contribution in [0.15, 0.2) is 41.3 Å². The summed E-state index contributed by atoms with van der Waals surface area (Å²) in [6.45, 7) is 1.98. The van der Waals surface area contributed by atoms with E-state index in [2.05, 4.69) is 4.72 Å². The molecule has 152 valence electrons. The van der Waals surface area contributed by atoms with Crippen molar-refractivity contribution in [2.45, 2.75) is 43.5 Å². The minimum Gasteiger partial charge on any atom is -0.497 e. The molecule has 1 atom stereocenters. The minimum atomic E-state index is -3.73. The summed E-state index contributed by atoms with van der Waals surface area (Å²) in [6, 6.07) is 10.4. The average molecular weight is 406 g/mol. The molecule has 0 fully saturated rings. The molecule has 0 saturated heterocycles. The van der Waals surface area contributed by atoms with Crippen molar-refractivity contribution in [2.75, 3.05) is 20.8 Å². The van der Waals surface area contributed by atoms with Gasteiger partial charge in [-0.05, 0) is 80.1 Å². The SMILES string of the molecule is COc1ccc(OC[C@H](C)NS(=O)(=O)c2cc3c(cc2OC)CCCC3)cc1. The third-order valence-corrected chi connectivity index (χ3v) is 6.44. The summed E-state index contributed by atoms with van der Waals surface area (Å²) in [5.41, 5.74) is 2.27. The van der Waals surface area contributed by atoms with Crippen LogP contribution in [0.1, 0.15) is 30.9 Å². The maximum atomic E-state index is 12.9. The monoisotopic (exact) mass is 405 g/mol. The Kier molecular flexibility index (Phi) is 6.46. The zero-order valence-corrected chi connectivity index (χ0v) is 17.3. The molecule has 0 bridgehead atoms. The number of ether oxygens (including phenoxy) is 3. The van der Waals surface area contributed by atoms with E-state index in [0.717, 1.165) is 37.0 Å². The van der Waals surface area contributed by atoms with Crippen molar-refractivity contribution >= 4 is 10.0 Å². The zero-order chi connectivity index (χ0) is 20.1. The van der Waals surface area contributed by atoms with Crippen molar-refractivity contribution in [3.05, 3.63) is 47.5 Å². The van der Waals surface area contributed by atoms with Gasteiger partial charge in [-0.2, -0.15) is 0 Å². The molecule has 0 aliphatic heterocycles. The Bertz CT molecular complexity index is 909. The van der Waals surface area contributed by atoms with Crippen LogP contribution in [-0.4, -0.2) is 35.3 Å². The molecule has 2 aromatic rings. The summed E-state index contributed by atoms with van der Waals surface area (Å²) in [6.07, 6.45) is 4.07. The molecule has 2 aromatic carbocycles. The van der Waals surface area contributed by atoms with Crippen LogP contribution in [0.3, 0.4) is 0 Å². The lowest BCUT2D eigenvalue weighted by Gasteiger charge is -2.21. The topological polar surface area (TPSA) is 73.9 Å². The van der Waals surface area contributed by atoms with Crippen molar-refractivity contribution < 1.29 is 22.6 Å². The molecule has 3 rings (SSSR count). The molecule has 0 unspecified atom stereocenters. The maximum Gasteiger partial charge on any atom is 0.244 e. The lowest BCUT2D eigenvalue weighted by atomic mass is 9.92. The number of benzene rings is 2. The van der Waals surface area contributed by atoms with Crippen LogP contribution in [-0.2, 0) is 22.9 Å². The number of fused-ring (bicyclic) bond motifs is 1. The Morgan fingerprint density at radius 1 is 0.964 bits per heavy atom. The van der Waals surface area contributed by atoms with Crippen molar-refractivity contribution in [1.82, 2.24) is 4.72 Å². The van der Waals surface area contributed by atoms with Gasteiger partial charge in [-0.15, -0.1) is 0 Å². The summed E-state index contributed by atoms with van der Waals surface area (Å²) >= 11 is 0. The maximum absolute atomic E-state index is 12.9. The van der Waals surface area contributed by atoms with Gasteiger partial charge in [-0.3, -0.25) is 0 Å². The van der Waals surface area contributed by atoms with Gasteiger partial charge in [-0.1, -0.05) is 0 Å². The van der Waals surface area contributed by atoms with E-state index in [1.807, 2.05) is 6.07 Å². The van der Waals surface area contributed by atoms with E-state index in [0.29, 0.717) is 11.5 Å². The normalized spacial score (nSPS) is 14.8. The largest absolute Gasteiger partial charge is 0.497 e. The average Bonchev–Trinajstić information content (AvgIpc) is 2.71. The third-order valence-electron chi connectivity index (χ3n) is 4.83. The fraction of sp³-hybridized carbons (Fsp3) is 0.429. The number of hydrogen-bond donors (Lipinski definition) is 1. The van der Waals surface area contributed by atoms with Crippen LogP contribution in [0.4, 0.5) is 0 Å². The lowest BCUT2D eigenvalue weighted by molar-refractivity contribution is 0.287. The number of methoxy groups -OCH3 is 2. The smallest absolute Gasteiger partial charge is 0.244 e. The van der Waals surface area contributed by atoms with Gasteiger partial charge >= 0.3 is 0 Å². The van der Waals surface area contributed by atoms with Crippen LogP contribution >= 0.6 is 0 Å². The number of aryl methyl sites for hydroxylation is 2. The van der Waals surface area contributed by atoms with E-state index in [-0.39, 0.29) is 11.5 Å². The highest BCUT2D eigenvalue weighted by molar-refractivity contribution is 7.89. The molecule has 28 heavy (non-hydrogen) atoms. The highest BCUT2D eigenvalue weighted by atomic mass is 32.2. The molecule has 6 nitrogen and oxygen atoms in total. The molecule has 1 aliphatic carbocycles. The van der Waals surface area contributed by atoms with E-state index in [1.165, 1.54) is 12.7 Å². The molecule has 1 N–H and O–H groups in total. The summed E-state index contributed by atoms with van der Waals surface area (Å²) in [4.78, 5) is 0.187. The number of rotatable bonds is 8. The zero-order valence-electron chi connectivity index (χ0n) is 16.5. The summed E-state index contributed by atoms with van der Waals surface area (Å²) in [5.74, 6) is 1.77. The van der Waals surface area contributed by atoms with Gasteiger partial charge in [0.2, 0.25) is 10.0 Å². The van der Waals surface area contributed by atoms with Crippen molar-refractivity contribution in [3.8, 4) is 17.2 Å². The Morgan fingerprint density at radius 3 is 2.18 bits per heavy atom. The molecule has 0 saturated carbocycles. The molecular weight excluding hydrogens is 378 g/mol. The van der Waals surface area contributed by atoms with Gasteiger partial charge in [0.05, 0.1) is 20.3 Å². The number of nitrogens with one attached hydrogen (secondary N) is 1. The van der Waals surface area contributed by atoms with E-state index in [4.69, 9.17) is 14.2 Å². The minimum absolute atomic E-state index is 0.187. The van der Waals surface area contributed by atoms with Crippen LogP contribution in [0.5, 0.6) is 17.2 Å². The van der Waals surface area contributed by atoms with Crippen LogP contribution < -0.4 is 18.9 Å². The first-order valence-corrected chi connectivity index (χ1v) is 10.9. The second kappa shape index (κ2) is 8.84. The Morgan fingerprint density at radius 2 is 1.57 bits per heavy atom. The standard InChI is InChI=1S/C21H27NO5S/c1-15(14-27-19-10-8-18(25-2)9-11-19)22-28(23,24)21-13-17-7-5-4-6-16(17)12-20(21)26-3/h8-13,15,22H,4-7,14H2,1-3H3/t15-/m0/s1. The van der Waals surface area contributed by atoms with E-state index in [1.54, 1.807) is 44.4 Å². The van der Waals surface area contributed by atoms with Crippen LogP contribution in [0.2, 0.25) is 0 Å². The van der Waals surface area contributed by atoms with Gasteiger partial charge in [0, 0.05) is 0 Å². The Balaban J connectivity index is 1.70. The molecule has 0 radical (unpaired) electrons. The first kappa shape index (κ1) is 20.5. The predicted molar refractivity (Wildman–Crippen MR) is 108 cm³/mol. The molecule has 0 spiro atoms. The fourth-order valence-electron chi connectivity index (χ4n) is 3.37. The molecule has 0 aromatic heterocycles. The summed E-state index contributed by atoms with van der Waals surface area (Å²) < 4.78 is 44.7. The first-order chi connectivity index (χ1) is 13.4. The lowest BCUT2D eigenvalue weighted by Crippen LogP contribution is -2.37. The summed E-state index contributed by atoms with van der Waals surface area (Å²) in [7, 11) is -0.627. The summed E-state index contributed by atoms with van der Waals surface area (Å²) in [5, 5.41) is 0. The Labute approximate surface area is 166 Å². The second-order valence-corrected chi connectivity index (χ2v) is 8.67. The predicted octanol–water partition coefficient (Wildman–Crippen LogP) is 3.33. The van der Waals surface area contributed by atoms with E-state index >= 15 is 0 Å². The Hall–Kier alpha value is -2.25. The van der Waals surface area contributed by atoms with Gasteiger partial charge in [-0.25, -0.2) is 13.1 Å². The third kappa shape index (κ3) is 4.77. The second-order valence-electron chi connectivity index (χ2n) is 6.99. The fourth-order valence-corrected chi connectivity index (χ4v) is 4.79. The first-order valence-electron chi connectivity index (χ1n) is 9.42.